The van der Waals surface area contributed by atoms with Gasteiger partial charge in [0.1, 0.15) is 0 Å². The molecule has 60 valence electrons. The monoisotopic (exact) mass is 149 g/mol. The Balaban J connectivity index is 2.94. The first-order valence-corrected chi connectivity index (χ1v) is 4.03. The highest BCUT2D eigenvalue weighted by Crippen LogP contribution is 2.24. The zero-order valence-electron chi connectivity index (χ0n) is 6.84. The predicted molar refractivity (Wildman–Crippen MR) is 49.2 cm³/mol. The zero-order valence-corrected chi connectivity index (χ0v) is 6.84. The van der Waals surface area contributed by atoms with E-state index < -0.39 is 0 Å². The molecule has 1 heteroatoms. The molecule has 1 rings (SSSR count). The van der Waals surface area contributed by atoms with E-state index in [1.165, 1.54) is 17.6 Å². The Bertz CT molecular complexity index is 201. The maximum absolute atomic E-state index is 5.88. The fourth-order valence-corrected chi connectivity index (χ4v) is 1.55. The minimum absolute atomic E-state index is 0.189. The van der Waals surface area contributed by atoms with Crippen molar-refractivity contribution in [3.63, 3.8) is 0 Å². The third-order valence-corrected chi connectivity index (χ3v) is 2.20. The Morgan fingerprint density at radius 1 is 1.36 bits per heavy atom. The molecular weight excluding hydrogens is 134 g/mol. The third kappa shape index (κ3) is 1.60. The normalized spacial score (nSPS) is 25.0. The minimum Gasteiger partial charge on any atom is -0.324 e. The van der Waals surface area contributed by atoms with Crippen molar-refractivity contribution < 1.29 is 0 Å². The lowest BCUT2D eigenvalue weighted by molar-refractivity contribution is 0.613. The van der Waals surface area contributed by atoms with Gasteiger partial charge in [-0.15, -0.1) is 0 Å². The van der Waals surface area contributed by atoms with Crippen molar-refractivity contribution in [3.8, 4) is 0 Å². The molecule has 0 spiro atoms. The second-order valence-corrected chi connectivity index (χ2v) is 2.89. The summed E-state index contributed by atoms with van der Waals surface area (Å²) >= 11 is 0. The van der Waals surface area contributed by atoms with E-state index in [1.807, 2.05) is 12.2 Å². The van der Waals surface area contributed by atoms with Crippen LogP contribution in [0.1, 0.15) is 19.3 Å². The van der Waals surface area contributed by atoms with Gasteiger partial charge in [-0.2, -0.15) is 0 Å². The van der Waals surface area contributed by atoms with E-state index in [9.17, 15) is 0 Å². The Labute approximate surface area is 68.3 Å². The molecule has 0 saturated carbocycles. The molecule has 2 N–H and O–H groups in total. The molecule has 0 fully saturated rings. The molecular formula is C10H15N. The summed E-state index contributed by atoms with van der Waals surface area (Å²) in [6.07, 6.45) is 7.13. The average molecular weight is 149 g/mol. The summed E-state index contributed by atoms with van der Waals surface area (Å²) in [4.78, 5) is 0. The van der Waals surface area contributed by atoms with Crippen LogP contribution >= 0.6 is 0 Å². The summed E-state index contributed by atoms with van der Waals surface area (Å²) in [5.41, 5.74) is 8.34. The van der Waals surface area contributed by atoms with Gasteiger partial charge in [-0.3, -0.25) is 0 Å². The molecule has 0 bridgehead atoms. The lowest BCUT2D eigenvalue weighted by Crippen LogP contribution is -2.25. The smallest absolute Gasteiger partial charge is 0.0297 e. The van der Waals surface area contributed by atoms with Crippen molar-refractivity contribution in [2.24, 2.45) is 5.73 Å². The second-order valence-electron chi connectivity index (χ2n) is 2.89. The van der Waals surface area contributed by atoms with Gasteiger partial charge >= 0.3 is 0 Å². The SMILES string of the molecule is C=CC1=C(C=C)C(N)CCC1. The second kappa shape index (κ2) is 3.54. The maximum atomic E-state index is 5.88. The number of hydrogen-bond acceptors (Lipinski definition) is 1. The van der Waals surface area contributed by atoms with Crippen molar-refractivity contribution in [2.45, 2.75) is 25.3 Å². The van der Waals surface area contributed by atoms with E-state index in [1.54, 1.807) is 0 Å². The van der Waals surface area contributed by atoms with Crippen LogP contribution in [0.5, 0.6) is 0 Å². The van der Waals surface area contributed by atoms with Crippen molar-refractivity contribution >= 4 is 0 Å². The number of nitrogens with two attached hydrogens (primary N) is 1. The maximum Gasteiger partial charge on any atom is 0.0297 e. The summed E-state index contributed by atoms with van der Waals surface area (Å²) in [6.45, 7) is 7.50. The highest BCUT2D eigenvalue weighted by atomic mass is 14.6. The van der Waals surface area contributed by atoms with Gasteiger partial charge in [-0.25, -0.2) is 0 Å². The Kier molecular flexibility index (Phi) is 2.66. The number of hydrogen-bond donors (Lipinski definition) is 1. The lowest BCUT2D eigenvalue weighted by Gasteiger charge is -2.21. The van der Waals surface area contributed by atoms with Crippen LogP contribution in [0.15, 0.2) is 36.5 Å². The van der Waals surface area contributed by atoms with E-state index in [2.05, 4.69) is 13.2 Å². The van der Waals surface area contributed by atoms with Gasteiger partial charge < -0.3 is 5.73 Å². The van der Waals surface area contributed by atoms with Gasteiger partial charge in [0.2, 0.25) is 0 Å². The quantitative estimate of drug-likeness (QED) is 0.639. The van der Waals surface area contributed by atoms with E-state index in [0.29, 0.717) is 0 Å². The van der Waals surface area contributed by atoms with Crippen molar-refractivity contribution in [1.82, 2.24) is 0 Å². The Morgan fingerprint density at radius 3 is 2.55 bits per heavy atom. The molecule has 1 atom stereocenters. The van der Waals surface area contributed by atoms with Gasteiger partial charge in [0, 0.05) is 6.04 Å². The molecule has 0 radical (unpaired) electrons. The summed E-state index contributed by atoms with van der Waals surface area (Å²) in [7, 11) is 0. The van der Waals surface area contributed by atoms with Gasteiger partial charge in [0.25, 0.3) is 0 Å². The van der Waals surface area contributed by atoms with Crippen LogP contribution in [-0.4, -0.2) is 6.04 Å². The Morgan fingerprint density at radius 2 is 2.09 bits per heavy atom. The van der Waals surface area contributed by atoms with Crippen LogP contribution in [0.4, 0.5) is 0 Å². The van der Waals surface area contributed by atoms with Crippen LogP contribution < -0.4 is 5.73 Å². The zero-order chi connectivity index (χ0) is 8.27. The molecule has 0 aromatic heterocycles. The molecule has 1 nitrogen and oxygen atoms in total. The molecule has 0 aromatic carbocycles. The molecule has 1 aliphatic rings. The molecule has 0 aliphatic heterocycles. The standard InChI is InChI=1S/C10H15N/c1-3-8-6-5-7-10(11)9(8)4-2/h3-4,10H,1-2,5-7,11H2. The largest absolute Gasteiger partial charge is 0.324 e. The average Bonchev–Trinajstić information content (AvgIpc) is 2.04. The summed E-state index contributed by atoms with van der Waals surface area (Å²) < 4.78 is 0. The van der Waals surface area contributed by atoms with Crippen molar-refractivity contribution in [2.75, 3.05) is 0 Å². The van der Waals surface area contributed by atoms with Crippen LogP contribution in [-0.2, 0) is 0 Å². The predicted octanol–water partition coefficient (Wildman–Crippen LogP) is 2.17. The van der Waals surface area contributed by atoms with E-state index >= 15 is 0 Å². The topological polar surface area (TPSA) is 26.0 Å². The number of rotatable bonds is 2. The van der Waals surface area contributed by atoms with E-state index in [4.69, 9.17) is 5.73 Å². The molecule has 0 amide bonds. The van der Waals surface area contributed by atoms with Gasteiger partial charge in [-0.1, -0.05) is 25.3 Å². The van der Waals surface area contributed by atoms with E-state index in [-0.39, 0.29) is 6.04 Å². The molecule has 0 heterocycles. The fraction of sp³-hybridized carbons (Fsp3) is 0.400. The Hall–Kier alpha value is -0.820. The van der Waals surface area contributed by atoms with Crippen LogP contribution in [0, 0.1) is 0 Å². The molecule has 11 heavy (non-hydrogen) atoms. The first-order chi connectivity index (χ1) is 5.29. The summed E-state index contributed by atoms with van der Waals surface area (Å²) in [5, 5.41) is 0. The summed E-state index contributed by atoms with van der Waals surface area (Å²) in [5.74, 6) is 0. The van der Waals surface area contributed by atoms with Gasteiger partial charge in [-0.05, 0) is 30.4 Å². The van der Waals surface area contributed by atoms with Crippen molar-refractivity contribution in [3.05, 3.63) is 36.5 Å². The lowest BCUT2D eigenvalue weighted by atomic mass is 9.88. The third-order valence-electron chi connectivity index (χ3n) is 2.20. The molecule has 0 aromatic rings. The van der Waals surface area contributed by atoms with Crippen LogP contribution in [0.25, 0.3) is 0 Å². The van der Waals surface area contributed by atoms with E-state index in [0.717, 1.165) is 12.8 Å². The van der Waals surface area contributed by atoms with Crippen LogP contribution in [0.2, 0.25) is 0 Å². The minimum atomic E-state index is 0.189. The highest BCUT2D eigenvalue weighted by Gasteiger charge is 2.14. The van der Waals surface area contributed by atoms with Gasteiger partial charge in [0.05, 0.1) is 0 Å². The van der Waals surface area contributed by atoms with Gasteiger partial charge in [0.15, 0.2) is 0 Å². The highest BCUT2D eigenvalue weighted by molar-refractivity contribution is 5.36. The molecule has 0 saturated heterocycles. The molecule has 1 aliphatic carbocycles. The first-order valence-electron chi connectivity index (χ1n) is 4.03. The van der Waals surface area contributed by atoms with Crippen LogP contribution in [0.3, 0.4) is 0 Å². The summed E-state index contributed by atoms with van der Waals surface area (Å²) in [6, 6.07) is 0.189. The van der Waals surface area contributed by atoms with Crippen molar-refractivity contribution in [1.29, 1.82) is 0 Å². The number of allylic oxidation sites excluding steroid dienone is 2. The first kappa shape index (κ1) is 8.28. The molecule has 1 unspecified atom stereocenters. The fourth-order valence-electron chi connectivity index (χ4n) is 1.55.